The molecule has 0 spiro atoms. The Kier molecular flexibility index (Phi) is 5.45. The number of nitrogens with one attached hydrogen (secondary N) is 1. The van der Waals surface area contributed by atoms with Crippen LogP contribution in [0, 0.1) is 0 Å². The van der Waals surface area contributed by atoms with Crippen LogP contribution in [0.4, 0.5) is 0 Å². The molecule has 0 aliphatic rings. The second-order valence-corrected chi connectivity index (χ2v) is 5.45. The van der Waals surface area contributed by atoms with Gasteiger partial charge >= 0.3 is 7.60 Å². The summed E-state index contributed by atoms with van der Waals surface area (Å²) in [7, 11) is -4.33. The van der Waals surface area contributed by atoms with Crippen molar-refractivity contribution in [2.24, 2.45) is 0 Å². The van der Waals surface area contributed by atoms with Crippen molar-refractivity contribution in [2.75, 3.05) is 6.73 Å². The molecule has 0 aromatic rings. The molecule has 0 aromatic heterocycles. The van der Waals surface area contributed by atoms with E-state index in [0.29, 0.717) is 0 Å². The fourth-order valence-corrected chi connectivity index (χ4v) is 2.64. The number of carbonyl (C=O) groups is 1. The highest BCUT2D eigenvalue weighted by Crippen LogP contribution is 2.56. The smallest absolute Gasteiger partial charge is 0.332 e. The molecule has 90 valence electrons. The summed E-state index contributed by atoms with van der Waals surface area (Å²) in [6.45, 7) is 2.74. The minimum Gasteiger partial charge on any atom is -0.377 e. The van der Waals surface area contributed by atoms with Crippen molar-refractivity contribution in [1.82, 2.24) is 5.32 Å². The normalized spacial score (nSPS) is 12.6. The van der Waals surface area contributed by atoms with Gasteiger partial charge in [-0.25, -0.2) is 0 Å². The molecule has 7 heteroatoms. The Morgan fingerprint density at radius 1 is 1.33 bits per heavy atom. The Balaban J connectivity index is 4.81. The van der Waals surface area contributed by atoms with Crippen molar-refractivity contribution in [3.63, 3.8) is 0 Å². The van der Waals surface area contributed by atoms with Gasteiger partial charge in [-0.2, -0.15) is 0 Å². The van der Waals surface area contributed by atoms with Gasteiger partial charge in [0.1, 0.15) is 6.73 Å². The summed E-state index contributed by atoms with van der Waals surface area (Å²) in [4.78, 5) is 29.6. The minimum atomic E-state index is -4.33. The zero-order valence-electron chi connectivity index (χ0n) is 8.93. The van der Waals surface area contributed by atoms with Crippen LogP contribution in [-0.4, -0.2) is 32.7 Å². The van der Waals surface area contributed by atoms with Crippen LogP contribution < -0.4 is 5.32 Å². The Morgan fingerprint density at radius 2 is 1.80 bits per heavy atom. The van der Waals surface area contributed by atoms with Crippen LogP contribution in [-0.2, 0) is 9.36 Å². The number of aliphatic hydroxyl groups is 1. The topological polar surface area (TPSA) is 107 Å². The third kappa shape index (κ3) is 3.57. The number of rotatable bonds is 6. The van der Waals surface area contributed by atoms with Gasteiger partial charge in [-0.05, 0) is 12.8 Å². The van der Waals surface area contributed by atoms with Gasteiger partial charge in [0, 0.05) is 6.42 Å². The van der Waals surface area contributed by atoms with Gasteiger partial charge in [-0.15, -0.1) is 0 Å². The molecule has 0 aliphatic carbocycles. The molecule has 0 saturated heterocycles. The molecule has 0 atom stereocenters. The molecule has 0 radical (unpaired) electrons. The lowest BCUT2D eigenvalue weighted by Crippen LogP contribution is -2.36. The van der Waals surface area contributed by atoms with E-state index in [0.717, 1.165) is 0 Å². The third-order valence-electron chi connectivity index (χ3n) is 2.70. The van der Waals surface area contributed by atoms with E-state index in [2.05, 4.69) is 5.32 Å². The summed E-state index contributed by atoms with van der Waals surface area (Å²) in [6, 6.07) is 0. The maximum Gasteiger partial charge on any atom is 0.332 e. The van der Waals surface area contributed by atoms with E-state index in [1.54, 1.807) is 13.8 Å². The van der Waals surface area contributed by atoms with E-state index in [1.807, 2.05) is 0 Å². The van der Waals surface area contributed by atoms with E-state index in [-0.39, 0.29) is 19.3 Å². The van der Waals surface area contributed by atoms with E-state index < -0.39 is 25.4 Å². The van der Waals surface area contributed by atoms with Gasteiger partial charge in [-0.1, -0.05) is 13.8 Å². The molecule has 0 rings (SSSR count). The van der Waals surface area contributed by atoms with Crippen LogP contribution in [0.5, 0.6) is 0 Å². The molecule has 0 aliphatic heterocycles. The average Bonchev–Trinajstić information content (AvgIpc) is 2.12. The molecule has 1 amide bonds. The van der Waals surface area contributed by atoms with Gasteiger partial charge < -0.3 is 20.2 Å². The highest BCUT2D eigenvalue weighted by Gasteiger charge is 2.45. The quantitative estimate of drug-likeness (QED) is 0.390. The highest BCUT2D eigenvalue weighted by atomic mass is 31.2. The highest BCUT2D eigenvalue weighted by molar-refractivity contribution is 7.53. The summed E-state index contributed by atoms with van der Waals surface area (Å²) in [5.41, 5.74) is 0. The number of hydrogen-bond donors (Lipinski definition) is 4. The number of aliphatic hydroxyl groups excluding tert-OH is 1. The van der Waals surface area contributed by atoms with E-state index in [9.17, 15) is 19.1 Å². The predicted octanol–water partition coefficient (Wildman–Crippen LogP) is 0.179. The van der Waals surface area contributed by atoms with E-state index in [4.69, 9.17) is 5.11 Å². The standard InChI is InChI=1S/C8H18NO5P/c1-3-8(4-2,15(12,13)14)5-7(11)9-6-10/h10H,3-6H2,1-2H3,(H,9,11)(H2,12,13,14). The fraction of sp³-hybridized carbons (Fsp3) is 0.875. The monoisotopic (exact) mass is 239 g/mol. The predicted molar refractivity (Wildman–Crippen MR) is 55.2 cm³/mol. The zero-order chi connectivity index (χ0) is 12.1. The van der Waals surface area contributed by atoms with Crippen LogP contribution in [0.25, 0.3) is 0 Å². The molecule has 4 N–H and O–H groups in total. The Bertz CT molecular complexity index is 258. The van der Waals surface area contributed by atoms with Crippen molar-refractivity contribution in [3.8, 4) is 0 Å². The molecule has 0 aromatic carbocycles. The second kappa shape index (κ2) is 5.61. The molecule has 0 heterocycles. The minimum absolute atomic E-state index is 0.215. The third-order valence-corrected chi connectivity index (χ3v) is 4.73. The van der Waals surface area contributed by atoms with Crippen LogP contribution in [0.3, 0.4) is 0 Å². The van der Waals surface area contributed by atoms with Gasteiger partial charge in [0.15, 0.2) is 0 Å². The SMILES string of the molecule is CCC(CC)(CC(=O)NCO)P(=O)(O)O. The lowest BCUT2D eigenvalue weighted by atomic mass is 9.97. The van der Waals surface area contributed by atoms with Crippen LogP contribution in [0.2, 0.25) is 0 Å². The summed E-state index contributed by atoms with van der Waals surface area (Å²) in [5, 5.41) is 9.26. The lowest BCUT2D eigenvalue weighted by molar-refractivity contribution is -0.123. The Labute approximate surface area is 88.9 Å². The molecule has 0 unspecified atom stereocenters. The summed E-state index contributed by atoms with van der Waals surface area (Å²) in [5.74, 6) is -0.551. The first kappa shape index (κ1) is 14.6. The Hall–Kier alpha value is -0.420. The largest absolute Gasteiger partial charge is 0.377 e. The van der Waals surface area contributed by atoms with Crippen molar-refractivity contribution in [1.29, 1.82) is 0 Å². The maximum absolute atomic E-state index is 11.3. The van der Waals surface area contributed by atoms with Crippen molar-refractivity contribution >= 4 is 13.5 Å². The Morgan fingerprint density at radius 3 is 2.07 bits per heavy atom. The van der Waals surface area contributed by atoms with Crippen LogP contribution in [0.15, 0.2) is 0 Å². The first-order valence-electron chi connectivity index (χ1n) is 4.76. The second-order valence-electron chi connectivity index (χ2n) is 3.41. The van der Waals surface area contributed by atoms with E-state index in [1.165, 1.54) is 0 Å². The molecule has 0 bridgehead atoms. The summed E-state index contributed by atoms with van der Waals surface area (Å²) in [6.07, 6.45) is 0.157. The van der Waals surface area contributed by atoms with Gasteiger partial charge in [-0.3, -0.25) is 9.36 Å². The molecule has 15 heavy (non-hydrogen) atoms. The molecular weight excluding hydrogens is 221 g/mol. The van der Waals surface area contributed by atoms with Gasteiger partial charge in [0.25, 0.3) is 0 Å². The van der Waals surface area contributed by atoms with Crippen molar-refractivity contribution < 1.29 is 24.3 Å². The molecule has 6 nitrogen and oxygen atoms in total. The van der Waals surface area contributed by atoms with Gasteiger partial charge in [0.2, 0.25) is 5.91 Å². The molecule has 0 fully saturated rings. The van der Waals surface area contributed by atoms with Gasteiger partial charge in [0.05, 0.1) is 5.16 Å². The lowest BCUT2D eigenvalue weighted by Gasteiger charge is -2.31. The van der Waals surface area contributed by atoms with Crippen LogP contribution >= 0.6 is 7.60 Å². The van der Waals surface area contributed by atoms with Crippen molar-refractivity contribution in [2.45, 2.75) is 38.3 Å². The number of amides is 1. The van der Waals surface area contributed by atoms with Crippen molar-refractivity contribution in [3.05, 3.63) is 0 Å². The molecular formula is C8H18NO5P. The zero-order valence-corrected chi connectivity index (χ0v) is 9.83. The first-order chi connectivity index (χ1) is 6.83. The molecule has 0 saturated carbocycles. The fourth-order valence-electron chi connectivity index (χ4n) is 1.46. The maximum atomic E-state index is 11.3. The first-order valence-corrected chi connectivity index (χ1v) is 6.37. The number of hydrogen-bond acceptors (Lipinski definition) is 3. The summed E-state index contributed by atoms with van der Waals surface area (Å²) < 4.78 is 11.3. The van der Waals surface area contributed by atoms with Crippen LogP contribution in [0.1, 0.15) is 33.1 Å². The number of carbonyl (C=O) groups excluding carboxylic acids is 1. The van der Waals surface area contributed by atoms with E-state index >= 15 is 0 Å². The average molecular weight is 239 g/mol. The summed E-state index contributed by atoms with van der Waals surface area (Å²) >= 11 is 0.